The minimum Gasteiger partial charge on any atom is -0.339 e. The fourth-order valence-electron chi connectivity index (χ4n) is 2.52. The van der Waals surface area contributed by atoms with Crippen molar-refractivity contribution in [2.45, 2.75) is 50.6 Å². The Morgan fingerprint density at radius 3 is 2.68 bits per heavy atom. The molecule has 2 N–H and O–H groups in total. The average Bonchev–Trinajstić information content (AvgIpc) is 2.86. The molecule has 1 saturated carbocycles. The zero-order valence-electron chi connectivity index (χ0n) is 10.8. The maximum Gasteiger partial charge on any atom is 0.392 e. The second kappa shape index (κ2) is 5.48. The molecule has 4 nitrogen and oxygen atoms in total. The zero-order chi connectivity index (χ0) is 14.0. The molecule has 3 atom stereocenters. The van der Waals surface area contributed by atoms with Crippen LogP contribution < -0.4 is 5.73 Å². The number of aromatic nitrogens is 2. The number of hydrogen-bond donors (Lipinski definition) is 1. The first kappa shape index (κ1) is 14.3. The molecule has 19 heavy (non-hydrogen) atoms. The molecule has 0 aromatic carbocycles. The standard InChI is InChI=1S/C12H18F3N3O/c1-7(6-16)10-17-11(19-18-10)8-4-2-3-5-9(8)12(13,14)15/h7-9H,2-6,16H2,1H3. The minimum atomic E-state index is -4.21. The van der Waals surface area contributed by atoms with Crippen LogP contribution in [0.25, 0.3) is 0 Å². The lowest BCUT2D eigenvalue weighted by Gasteiger charge is -2.30. The lowest BCUT2D eigenvalue weighted by molar-refractivity contribution is -0.189. The summed E-state index contributed by atoms with van der Waals surface area (Å²) in [6, 6.07) is 0. The summed E-state index contributed by atoms with van der Waals surface area (Å²) in [5.41, 5.74) is 5.49. The molecule has 0 spiro atoms. The van der Waals surface area contributed by atoms with E-state index in [0.29, 0.717) is 25.2 Å². The van der Waals surface area contributed by atoms with Gasteiger partial charge in [0.1, 0.15) is 0 Å². The van der Waals surface area contributed by atoms with Crippen molar-refractivity contribution < 1.29 is 17.7 Å². The number of rotatable bonds is 3. The van der Waals surface area contributed by atoms with Crippen LogP contribution in [0.2, 0.25) is 0 Å². The van der Waals surface area contributed by atoms with E-state index in [4.69, 9.17) is 10.3 Å². The second-order valence-corrected chi connectivity index (χ2v) is 5.17. The summed E-state index contributed by atoms with van der Waals surface area (Å²) in [7, 11) is 0. The van der Waals surface area contributed by atoms with Crippen molar-refractivity contribution >= 4 is 0 Å². The van der Waals surface area contributed by atoms with E-state index in [9.17, 15) is 13.2 Å². The molecule has 108 valence electrons. The predicted octanol–water partition coefficient (Wildman–Crippen LogP) is 2.97. The van der Waals surface area contributed by atoms with Gasteiger partial charge in [0, 0.05) is 18.4 Å². The van der Waals surface area contributed by atoms with Crippen molar-refractivity contribution in [1.29, 1.82) is 0 Å². The van der Waals surface area contributed by atoms with Gasteiger partial charge in [-0.25, -0.2) is 0 Å². The van der Waals surface area contributed by atoms with Gasteiger partial charge in [-0.2, -0.15) is 18.2 Å². The molecule has 2 rings (SSSR count). The lowest BCUT2D eigenvalue weighted by atomic mass is 9.78. The molecule has 1 heterocycles. The van der Waals surface area contributed by atoms with Crippen LogP contribution in [-0.2, 0) is 0 Å². The summed E-state index contributed by atoms with van der Waals surface area (Å²) in [6.07, 6.45) is -2.26. The Balaban J connectivity index is 2.20. The summed E-state index contributed by atoms with van der Waals surface area (Å²) in [5, 5.41) is 3.75. The topological polar surface area (TPSA) is 64.9 Å². The van der Waals surface area contributed by atoms with E-state index in [-0.39, 0.29) is 18.2 Å². The Morgan fingerprint density at radius 2 is 2.05 bits per heavy atom. The molecule has 1 aliphatic rings. The van der Waals surface area contributed by atoms with Gasteiger partial charge in [0.05, 0.1) is 5.92 Å². The molecule has 0 bridgehead atoms. The Bertz CT molecular complexity index is 419. The Morgan fingerprint density at radius 1 is 1.37 bits per heavy atom. The van der Waals surface area contributed by atoms with E-state index >= 15 is 0 Å². The third-order valence-electron chi connectivity index (χ3n) is 3.76. The number of alkyl halides is 3. The quantitative estimate of drug-likeness (QED) is 0.922. The molecule has 7 heteroatoms. The van der Waals surface area contributed by atoms with E-state index in [1.54, 1.807) is 0 Å². The van der Waals surface area contributed by atoms with Crippen LogP contribution in [0.15, 0.2) is 4.52 Å². The highest BCUT2D eigenvalue weighted by molar-refractivity contribution is 5.03. The lowest BCUT2D eigenvalue weighted by Crippen LogP contribution is -2.31. The molecule has 1 fully saturated rings. The van der Waals surface area contributed by atoms with Gasteiger partial charge >= 0.3 is 6.18 Å². The SMILES string of the molecule is CC(CN)c1noc(C2CCCCC2C(F)(F)F)n1. The highest BCUT2D eigenvalue weighted by atomic mass is 19.4. The van der Waals surface area contributed by atoms with Crippen molar-refractivity contribution in [1.82, 2.24) is 10.1 Å². The normalized spacial score (nSPS) is 26.4. The first-order chi connectivity index (χ1) is 8.93. The van der Waals surface area contributed by atoms with Gasteiger partial charge < -0.3 is 10.3 Å². The van der Waals surface area contributed by atoms with Gasteiger partial charge in [-0.05, 0) is 12.8 Å². The van der Waals surface area contributed by atoms with Crippen LogP contribution in [0, 0.1) is 5.92 Å². The third kappa shape index (κ3) is 3.08. The van der Waals surface area contributed by atoms with Crippen molar-refractivity contribution in [2.75, 3.05) is 6.54 Å². The van der Waals surface area contributed by atoms with E-state index in [1.807, 2.05) is 6.92 Å². The van der Waals surface area contributed by atoms with Crippen LogP contribution in [0.3, 0.4) is 0 Å². The zero-order valence-corrected chi connectivity index (χ0v) is 10.8. The highest BCUT2D eigenvalue weighted by Gasteiger charge is 2.47. The van der Waals surface area contributed by atoms with Gasteiger partial charge in [0.2, 0.25) is 5.89 Å². The molecule has 1 aromatic rings. The fourth-order valence-corrected chi connectivity index (χ4v) is 2.52. The van der Waals surface area contributed by atoms with Crippen LogP contribution in [0.5, 0.6) is 0 Å². The smallest absolute Gasteiger partial charge is 0.339 e. The minimum absolute atomic E-state index is 0.106. The number of halogens is 3. The number of nitrogens with zero attached hydrogens (tertiary/aromatic N) is 2. The Labute approximate surface area is 109 Å². The van der Waals surface area contributed by atoms with Crippen molar-refractivity contribution in [3.63, 3.8) is 0 Å². The Kier molecular flexibility index (Phi) is 4.13. The summed E-state index contributed by atoms with van der Waals surface area (Å²) in [5.74, 6) is -1.69. The largest absolute Gasteiger partial charge is 0.392 e. The molecule has 1 aromatic heterocycles. The molecular formula is C12H18F3N3O. The maximum absolute atomic E-state index is 13.0. The fraction of sp³-hybridized carbons (Fsp3) is 0.833. The van der Waals surface area contributed by atoms with Gasteiger partial charge in [0.25, 0.3) is 0 Å². The molecule has 1 aliphatic carbocycles. The average molecular weight is 277 g/mol. The summed E-state index contributed by atoms with van der Waals surface area (Å²) in [4.78, 5) is 4.11. The van der Waals surface area contributed by atoms with Gasteiger partial charge in [-0.15, -0.1) is 0 Å². The van der Waals surface area contributed by atoms with Gasteiger partial charge in [0.15, 0.2) is 5.82 Å². The van der Waals surface area contributed by atoms with Crippen LogP contribution in [0.4, 0.5) is 13.2 Å². The van der Waals surface area contributed by atoms with Crippen molar-refractivity contribution in [3.8, 4) is 0 Å². The number of nitrogens with two attached hydrogens (primary N) is 1. The highest BCUT2D eigenvalue weighted by Crippen LogP contribution is 2.45. The molecule has 0 amide bonds. The van der Waals surface area contributed by atoms with Crippen LogP contribution in [-0.4, -0.2) is 22.9 Å². The van der Waals surface area contributed by atoms with Gasteiger partial charge in [-0.3, -0.25) is 0 Å². The first-order valence-corrected chi connectivity index (χ1v) is 6.53. The van der Waals surface area contributed by atoms with E-state index in [0.717, 1.165) is 6.42 Å². The molecular weight excluding hydrogens is 259 g/mol. The van der Waals surface area contributed by atoms with Crippen molar-refractivity contribution in [2.24, 2.45) is 11.7 Å². The summed E-state index contributed by atoms with van der Waals surface area (Å²) >= 11 is 0. The van der Waals surface area contributed by atoms with Crippen LogP contribution >= 0.6 is 0 Å². The molecule has 0 radical (unpaired) electrons. The van der Waals surface area contributed by atoms with Crippen molar-refractivity contribution in [3.05, 3.63) is 11.7 Å². The van der Waals surface area contributed by atoms with E-state index < -0.39 is 18.0 Å². The molecule has 3 unspecified atom stereocenters. The van der Waals surface area contributed by atoms with E-state index in [2.05, 4.69) is 10.1 Å². The van der Waals surface area contributed by atoms with E-state index in [1.165, 1.54) is 0 Å². The van der Waals surface area contributed by atoms with Crippen LogP contribution in [0.1, 0.15) is 56.2 Å². The summed E-state index contributed by atoms with van der Waals surface area (Å²) < 4.78 is 44.0. The first-order valence-electron chi connectivity index (χ1n) is 6.53. The Hall–Kier alpha value is -1.11. The third-order valence-corrected chi connectivity index (χ3v) is 3.76. The second-order valence-electron chi connectivity index (χ2n) is 5.17. The maximum atomic E-state index is 13.0. The molecule has 0 saturated heterocycles. The number of hydrogen-bond acceptors (Lipinski definition) is 4. The monoisotopic (exact) mass is 277 g/mol. The molecule has 0 aliphatic heterocycles. The van der Waals surface area contributed by atoms with Gasteiger partial charge in [-0.1, -0.05) is 24.9 Å². The summed E-state index contributed by atoms with van der Waals surface area (Å²) in [6.45, 7) is 2.16. The predicted molar refractivity (Wildman–Crippen MR) is 62.5 cm³/mol.